The largest absolute Gasteiger partial charge is 0.490 e. The first-order chi connectivity index (χ1) is 18.2. The van der Waals surface area contributed by atoms with Crippen molar-refractivity contribution < 1.29 is 37.3 Å². The number of hydrogen-bond acceptors (Lipinski definition) is 6. The van der Waals surface area contributed by atoms with Gasteiger partial charge >= 0.3 is 6.18 Å². The third kappa shape index (κ3) is 10.2. The second-order valence-electron chi connectivity index (χ2n) is 10.8. The van der Waals surface area contributed by atoms with Gasteiger partial charge in [0.05, 0.1) is 36.8 Å². The lowest BCUT2D eigenvalue weighted by Gasteiger charge is -2.36. The Hall–Kier alpha value is -2.53. The van der Waals surface area contributed by atoms with E-state index in [2.05, 4.69) is 0 Å². The van der Waals surface area contributed by atoms with Gasteiger partial charge in [-0.05, 0) is 51.3 Å². The highest BCUT2D eigenvalue weighted by molar-refractivity contribution is 5.98. The maximum absolute atomic E-state index is 14.0. The predicted octanol–water partition coefficient (Wildman–Crippen LogP) is 4.35. The van der Waals surface area contributed by atoms with Crippen molar-refractivity contribution in [2.45, 2.75) is 77.3 Å². The number of fused-ring (bicyclic) bond motifs is 1. The summed E-state index contributed by atoms with van der Waals surface area (Å²) in [6, 6.07) is 4.94. The Morgan fingerprint density at radius 1 is 1.21 bits per heavy atom. The van der Waals surface area contributed by atoms with E-state index in [1.807, 2.05) is 38.9 Å². The molecule has 1 N–H and O–H groups in total. The van der Waals surface area contributed by atoms with E-state index in [0.717, 1.165) is 24.9 Å². The maximum Gasteiger partial charge on any atom is 0.389 e. The molecule has 0 fully saturated rings. The number of alkyl halides is 3. The molecule has 39 heavy (non-hydrogen) atoms. The molecule has 1 aliphatic rings. The summed E-state index contributed by atoms with van der Waals surface area (Å²) in [5, 5.41) is 9.99. The molecule has 0 aromatic heterocycles. The van der Waals surface area contributed by atoms with Crippen molar-refractivity contribution in [2.75, 3.05) is 52.3 Å². The van der Waals surface area contributed by atoms with Gasteiger partial charge in [-0.25, -0.2) is 0 Å². The Labute approximate surface area is 230 Å². The molecule has 222 valence electrons. The van der Waals surface area contributed by atoms with E-state index in [9.17, 15) is 27.9 Å². The van der Waals surface area contributed by atoms with Crippen molar-refractivity contribution in [2.24, 2.45) is 5.92 Å². The Morgan fingerprint density at radius 2 is 1.90 bits per heavy atom. The van der Waals surface area contributed by atoms with Crippen molar-refractivity contribution in [1.29, 1.82) is 0 Å². The number of hydrogen-bond donors (Lipinski definition) is 1. The number of nitrogens with zero attached hydrogens (tertiary/aromatic N) is 3. The topological polar surface area (TPSA) is 82.6 Å². The number of halogens is 3. The van der Waals surface area contributed by atoms with Gasteiger partial charge in [0.15, 0.2) is 0 Å². The van der Waals surface area contributed by atoms with E-state index in [1.54, 1.807) is 24.0 Å². The minimum atomic E-state index is -4.41. The van der Waals surface area contributed by atoms with Crippen LogP contribution in [0.3, 0.4) is 0 Å². The van der Waals surface area contributed by atoms with Gasteiger partial charge < -0.3 is 29.3 Å². The molecule has 0 bridgehead atoms. The normalized spacial score (nSPS) is 22.4. The molecular formula is C28H44F3N3O5. The predicted molar refractivity (Wildman–Crippen MR) is 144 cm³/mol. The standard InChI is InChI=1S/C28H44F3N3O5/c1-19-16-34(20(2)18-35)27(37)23-15-22(32(4)5)10-11-24(23)39-21(3)9-7-8-14-38-25(19)17-33(6)26(36)12-13-28(29,30)31/h10-11,15,19-21,25,35H,7-9,12-14,16-18H2,1-6H3/t19-,20+,21+,25-/m1/s1. The van der Waals surface area contributed by atoms with Gasteiger partial charge in [-0.2, -0.15) is 13.2 Å². The fourth-order valence-corrected chi connectivity index (χ4v) is 4.46. The van der Waals surface area contributed by atoms with Crippen LogP contribution in [0.2, 0.25) is 0 Å². The van der Waals surface area contributed by atoms with Crippen LogP contribution in [-0.4, -0.2) is 98.6 Å². The number of aliphatic hydroxyl groups excluding tert-OH is 1. The van der Waals surface area contributed by atoms with E-state index in [-0.39, 0.29) is 37.6 Å². The zero-order chi connectivity index (χ0) is 29.3. The van der Waals surface area contributed by atoms with Gasteiger partial charge in [-0.1, -0.05) is 6.92 Å². The summed E-state index contributed by atoms with van der Waals surface area (Å²) >= 11 is 0. The fourth-order valence-electron chi connectivity index (χ4n) is 4.46. The number of carbonyl (C=O) groups is 2. The van der Waals surface area contributed by atoms with Crippen molar-refractivity contribution in [3.05, 3.63) is 23.8 Å². The minimum Gasteiger partial charge on any atom is -0.490 e. The van der Waals surface area contributed by atoms with Crippen LogP contribution in [0.15, 0.2) is 18.2 Å². The van der Waals surface area contributed by atoms with Crippen LogP contribution in [0.5, 0.6) is 5.75 Å². The van der Waals surface area contributed by atoms with E-state index >= 15 is 0 Å². The zero-order valence-electron chi connectivity index (χ0n) is 24.0. The number of rotatable bonds is 7. The van der Waals surface area contributed by atoms with E-state index < -0.39 is 37.1 Å². The lowest BCUT2D eigenvalue weighted by molar-refractivity contribution is -0.149. The average Bonchev–Trinajstić information content (AvgIpc) is 2.87. The molecule has 4 atom stereocenters. The van der Waals surface area contributed by atoms with E-state index in [4.69, 9.17) is 9.47 Å². The quantitative estimate of drug-likeness (QED) is 0.535. The molecule has 0 aliphatic carbocycles. The molecule has 1 aliphatic heterocycles. The lowest BCUT2D eigenvalue weighted by Crippen LogP contribution is -2.48. The molecule has 1 aromatic rings. The summed E-state index contributed by atoms with van der Waals surface area (Å²) in [7, 11) is 5.23. The highest BCUT2D eigenvalue weighted by atomic mass is 19.4. The summed E-state index contributed by atoms with van der Waals surface area (Å²) in [4.78, 5) is 31.1. The summed E-state index contributed by atoms with van der Waals surface area (Å²) in [5.74, 6) is -0.736. The molecule has 0 saturated carbocycles. The molecule has 11 heteroatoms. The number of anilines is 1. The van der Waals surface area contributed by atoms with E-state index in [1.165, 1.54) is 11.9 Å². The maximum atomic E-state index is 14.0. The summed E-state index contributed by atoms with van der Waals surface area (Å²) in [5.41, 5.74) is 1.21. The van der Waals surface area contributed by atoms with Crippen molar-refractivity contribution >= 4 is 17.5 Å². The first-order valence-electron chi connectivity index (χ1n) is 13.6. The number of benzene rings is 1. The first kappa shape index (κ1) is 32.7. The van der Waals surface area contributed by atoms with Crippen molar-refractivity contribution in [3.8, 4) is 5.75 Å². The number of aliphatic hydroxyl groups is 1. The Morgan fingerprint density at radius 3 is 2.51 bits per heavy atom. The highest BCUT2D eigenvalue weighted by Crippen LogP contribution is 2.29. The average molecular weight is 560 g/mol. The lowest BCUT2D eigenvalue weighted by atomic mass is 10.0. The molecule has 2 amide bonds. The number of likely N-dealkylation sites (N-methyl/N-ethyl adjacent to an activating group) is 1. The SMILES string of the molecule is C[C@@H]1CN([C@@H](C)CO)C(=O)c2cc(N(C)C)ccc2O[C@@H](C)CCCCO[C@@H]1CN(C)C(=O)CCC(F)(F)F. The minimum absolute atomic E-state index is 0.0915. The molecule has 1 heterocycles. The fraction of sp³-hybridized carbons (Fsp3) is 0.714. The Kier molecular flexibility index (Phi) is 12.4. The molecule has 0 spiro atoms. The van der Waals surface area contributed by atoms with Gasteiger partial charge in [-0.15, -0.1) is 0 Å². The van der Waals surface area contributed by atoms with Crippen LogP contribution < -0.4 is 9.64 Å². The number of amides is 2. The second-order valence-corrected chi connectivity index (χ2v) is 10.8. The monoisotopic (exact) mass is 559 g/mol. The molecule has 2 rings (SSSR count). The van der Waals surface area contributed by atoms with Crippen molar-refractivity contribution in [3.63, 3.8) is 0 Å². The van der Waals surface area contributed by atoms with E-state index in [0.29, 0.717) is 17.9 Å². The van der Waals surface area contributed by atoms with Crippen LogP contribution in [0, 0.1) is 5.92 Å². The molecule has 0 unspecified atom stereocenters. The molecule has 0 radical (unpaired) electrons. The third-order valence-corrected chi connectivity index (χ3v) is 7.05. The van der Waals surface area contributed by atoms with Crippen molar-refractivity contribution in [1.82, 2.24) is 9.80 Å². The number of ether oxygens (including phenoxy) is 2. The first-order valence-corrected chi connectivity index (χ1v) is 13.6. The molecular weight excluding hydrogens is 515 g/mol. The van der Waals surface area contributed by atoms with Gasteiger partial charge in [0.25, 0.3) is 5.91 Å². The van der Waals surface area contributed by atoms with Gasteiger partial charge in [0, 0.05) is 58.9 Å². The highest BCUT2D eigenvalue weighted by Gasteiger charge is 2.32. The molecule has 8 nitrogen and oxygen atoms in total. The van der Waals surface area contributed by atoms with Gasteiger partial charge in [0.1, 0.15) is 5.75 Å². The summed E-state index contributed by atoms with van der Waals surface area (Å²) in [6.07, 6.45) is -4.59. The van der Waals surface area contributed by atoms with Crippen LogP contribution in [-0.2, 0) is 9.53 Å². The van der Waals surface area contributed by atoms with Crippen LogP contribution in [0.1, 0.15) is 63.2 Å². The van der Waals surface area contributed by atoms with Crippen LogP contribution >= 0.6 is 0 Å². The summed E-state index contributed by atoms with van der Waals surface area (Å²) in [6.45, 7) is 6.00. The van der Waals surface area contributed by atoms with Crippen LogP contribution in [0.4, 0.5) is 18.9 Å². The molecule has 0 saturated heterocycles. The number of carbonyl (C=O) groups excluding carboxylic acids is 2. The smallest absolute Gasteiger partial charge is 0.389 e. The zero-order valence-corrected chi connectivity index (χ0v) is 24.0. The van der Waals surface area contributed by atoms with Gasteiger partial charge in [-0.3, -0.25) is 9.59 Å². The summed E-state index contributed by atoms with van der Waals surface area (Å²) < 4.78 is 50.3. The van der Waals surface area contributed by atoms with Crippen LogP contribution in [0.25, 0.3) is 0 Å². The Bertz CT molecular complexity index is 944. The van der Waals surface area contributed by atoms with Gasteiger partial charge in [0.2, 0.25) is 5.91 Å². The third-order valence-electron chi connectivity index (χ3n) is 7.05. The Balaban J connectivity index is 2.38. The second kappa shape index (κ2) is 14.7. The molecule has 1 aromatic carbocycles.